The van der Waals surface area contributed by atoms with E-state index in [1.54, 1.807) is 6.07 Å². The molecule has 0 fully saturated rings. The van der Waals surface area contributed by atoms with Crippen LogP contribution in [0.4, 0.5) is 0 Å². The molecule has 0 atom stereocenters. The van der Waals surface area contributed by atoms with Gasteiger partial charge in [0.15, 0.2) is 0 Å². The first-order chi connectivity index (χ1) is 11.7. The maximum absolute atomic E-state index is 9.23. The van der Waals surface area contributed by atoms with Crippen LogP contribution in [0.2, 0.25) is 0 Å². The van der Waals surface area contributed by atoms with E-state index in [-0.39, 0.29) is 11.1 Å². The average Bonchev–Trinajstić information content (AvgIpc) is 2.61. The number of terminal acetylenes is 1. The smallest absolute Gasteiger partial charge is 0.140 e. The Bertz CT molecular complexity index is 779. The molecule has 0 saturated carbocycles. The Kier molecular flexibility index (Phi) is 7.44. The van der Waals surface area contributed by atoms with Gasteiger partial charge >= 0.3 is 0 Å². The molecule has 0 saturated heterocycles. The van der Waals surface area contributed by atoms with Crippen LogP contribution in [-0.2, 0) is 0 Å². The van der Waals surface area contributed by atoms with Crippen molar-refractivity contribution in [3.8, 4) is 42.1 Å². The van der Waals surface area contributed by atoms with Crippen molar-refractivity contribution in [2.24, 2.45) is 0 Å². The van der Waals surface area contributed by atoms with E-state index in [1.165, 1.54) is 6.07 Å². The second-order valence-electron chi connectivity index (χ2n) is 4.77. The minimum atomic E-state index is -0.0896. The predicted molar refractivity (Wildman–Crippen MR) is 89.8 cm³/mol. The lowest BCUT2D eigenvalue weighted by molar-refractivity contribution is 0.304. The summed E-state index contributed by atoms with van der Waals surface area (Å²) < 4.78 is 11.3. The number of nitriles is 3. The molecule has 0 N–H and O–H groups in total. The number of hydrogen-bond donors (Lipinski definition) is 0. The fraction of sp³-hybridized carbons (Fsp3) is 0.316. The third-order valence-electron chi connectivity index (χ3n) is 3.02. The van der Waals surface area contributed by atoms with Gasteiger partial charge in [0.25, 0.3) is 0 Å². The van der Waals surface area contributed by atoms with Crippen LogP contribution >= 0.6 is 0 Å². The normalized spacial score (nSPS) is 10.4. The molecule has 0 unspecified atom stereocenters. The van der Waals surface area contributed by atoms with Crippen LogP contribution in [0.15, 0.2) is 12.1 Å². The SMILES string of the molecule is C#C/C(C#N)=c1\cc(OCCC)c(=C(C#N)C#N)cc1OCCC. The number of ether oxygens (including phenoxy) is 2. The summed E-state index contributed by atoms with van der Waals surface area (Å²) >= 11 is 0. The Labute approximate surface area is 141 Å². The molecule has 1 aromatic carbocycles. The first kappa shape index (κ1) is 18.6. The van der Waals surface area contributed by atoms with Gasteiger partial charge in [-0.2, -0.15) is 15.8 Å². The Morgan fingerprint density at radius 1 is 0.875 bits per heavy atom. The number of nitrogens with zero attached hydrogens (tertiary/aromatic N) is 3. The van der Waals surface area contributed by atoms with E-state index in [4.69, 9.17) is 15.9 Å². The molecule has 0 aliphatic carbocycles. The molecule has 120 valence electrons. The highest BCUT2D eigenvalue weighted by atomic mass is 16.5. The zero-order valence-electron chi connectivity index (χ0n) is 13.7. The molecule has 0 aliphatic rings. The van der Waals surface area contributed by atoms with Gasteiger partial charge in [0, 0.05) is 10.4 Å². The van der Waals surface area contributed by atoms with Gasteiger partial charge in [-0.05, 0) is 25.0 Å². The Balaban J connectivity index is 3.89. The maximum Gasteiger partial charge on any atom is 0.140 e. The molecule has 5 heteroatoms. The lowest BCUT2D eigenvalue weighted by Gasteiger charge is -2.11. The molecular weight excluding hydrogens is 302 g/mol. The topological polar surface area (TPSA) is 89.8 Å². The van der Waals surface area contributed by atoms with Gasteiger partial charge in [0.1, 0.15) is 40.9 Å². The van der Waals surface area contributed by atoms with Crippen molar-refractivity contribution in [3.63, 3.8) is 0 Å². The van der Waals surface area contributed by atoms with Crippen molar-refractivity contribution in [1.29, 1.82) is 15.8 Å². The summed E-state index contributed by atoms with van der Waals surface area (Å²) in [6.45, 7) is 4.70. The molecule has 0 spiro atoms. The Hall–Kier alpha value is -3.41. The number of rotatable bonds is 6. The van der Waals surface area contributed by atoms with E-state index >= 15 is 0 Å². The summed E-state index contributed by atoms with van der Waals surface area (Å²) in [7, 11) is 0. The molecule has 24 heavy (non-hydrogen) atoms. The zero-order chi connectivity index (χ0) is 17.9. The molecule has 1 aromatic rings. The summed E-state index contributed by atoms with van der Waals surface area (Å²) in [6, 6.07) is 8.75. The van der Waals surface area contributed by atoms with Gasteiger partial charge in [-0.15, -0.1) is 6.42 Å². The molecule has 0 heterocycles. The molecule has 0 aromatic heterocycles. The third kappa shape index (κ3) is 4.30. The van der Waals surface area contributed by atoms with Crippen LogP contribution in [0.25, 0.3) is 11.1 Å². The number of hydrogen-bond acceptors (Lipinski definition) is 5. The van der Waals surface area contributed by atoms with Gasteiger partial charge in [-0.25, -0.2) is 0 Å². The van der Waals surface area contributed by atoms with Crippen LogP contribution in [0, 0.1) is 46.3 Å². The molecule has 0 radical (unpaired) electrons. The van der Waals surface area contributed by atoms with Gasteiger partial charge in [-0.1, -0.05) is 19.8 Å². The van der Waals surface area contributed by atoms with Gasteiger partial charge in [0.2, 0.25) is 0 Å². The van der Waals surface area contributed by atoms with Crippen LogP contribution in [0.3, 0.4) is 0 Å². The second kappa shape index (κ2) is 9.58. The van der Waals surface area contributed by atoms with Crippen molar-refractivity contribution in [1.82, 2.24) is 0 Å². The van der Waals surface area contributed by atoms with Gasteiger partial charge < -0.3 is 9.47 Å². The predicted octanol–water partition coefficient (Wildman–Crippen LogP) is 1.77. The van der Waals surface area contributed by atoms with E-state index in [9.17, 15) is 15.8 Å². The minimum Gasteiger partial charge on any atom is -0.493 e. The van der Waals surface area contributed by atoms with Crippen molar-refractivity contribution >= 4 is 11.1 Å². The van der Waals surface area contributed by atoms with Crippen LogP contribution in [-0.4, -0.2) is 13.2 Å². The Morgan fingerprint density at radius 3 is 1.62 bits per heavy atom. The lowest BCUT2D eigenvalue weighted by atomic mass is 10.1. The molecule has 1 rings (SSSR count). The number of benzene rings is 1. The van der Waals surface area contributed by atoms with Crippen LogP contribution in [0.1, 0.15) is 26.7 Å². The Morgan fingerprint density at radius 2 is 1.29 bits per heavy atom. The summed E-state index contributed by atoms with van der Waals surface area (Å²) in [5.41, 5.74) is 0.0117. The first-order valence-corrected chi connectivity index (χ1v) is 7.51. The van der Waals surface area contributed by atoms with E-state index in [1.807, 2.05) is 32.1 Å². The van der Waals surface area contributed by atoms with Gasteiger partial charge in [0.05, 0.1) is 13.2 Å². The van der Waals surface area contributed by atoms with Crippen molar-refractivity contribution < 1.29 is 9.47 Å². The second-order valence-corrected chi connectivity index (χ2v) is 4.77. The average molecular weight is 319 g/mol. The molecule has 0 aliphatic heterocycles. The standard InChI is InChI=1S/C19H17N3O2/c1-4-7-23-18-10-17(15(12-21)13-22)19(24-8-5-2)9-16(18)14(6-3)11-20/h3,9-10H,4-5,7-8H2,1-2H3/b16-14-. The lowest BCUT2D eigenvalue weighted by Crippen LogP contribution is -2.20. The van der Waals surface area contributed by atoms with Crippen LogP contribution < -0.4 is 19.9 Å². The van der Waals surface area contributed by atoms with Crippen molar-refractivity contribution in [2.75, 3.05) is 13.2 Å². The summed E-state index contributed by atoms with van der Waals surface area (Å²) in [5.74, 6) is 3.01. The van der Waals surface area contributed by atoms with Crippen molar-refractivity contribution in [2.45, 2.75) is 26.7 Å². The third-order valence-corrected chi connectivity index (χ3v) is 3.02. The van der Waals surface area contributed by atoms with E-state index in [0.717, 1.165) is 12.8 Å². The highest BCUT2D eigenvalue weighted by Gasteiger charge is 2.10. The fourth-order valence-electron chi connectivity index (χ4n) is 1.93. The molecular formula is C19H17N3O2. The van der Waals surface area contributed by atoms with E-state index in [2.05, 4.69) is 5.92 Å². The van der Waals surface area contributed by atoms with Gasteiger partial charge in [-0.3, -0.25) is 0 Å². The molecule has 0 bridgehead atoms. The quantitative estimate of drug-likeness (QED) is 0.745. The fourth-order valence-corrected chi connectivity index (χ4v) is 1.93. The first-order valence-electron chi connectivity index (χ1n) is 7.51. The van der Waals surface area contributed by atoms with Crippen molar-refractivity contribution in [3.05, 3.63) is 22.6 Å². The summed E-state index contributed by atoms with van der Waals surface area (Å²) in [4.78, 5) is 0. The largest absolute Gasteiger partial charge is 0.493 e. The molecule has 0 amide bonds. The zero-order valence-corrected chi connectivity index (χ0v) is 13.7. The summed E-state index contributed by atoms with van der Waals surface area (Å²) in [5, 5.41) is 28.3. The monoisotopic (exact) mass is 319 g/mol. The highest BCUT2D eigenvalue weighted by Crippen LogP contribution is 2.11. The highest BCUT2D eigenvalue weighted by molar-refractivity contribution is 5.78. The minimum absolute atomic E-state index is 0.0896. The summed E-state index contributed by atoms with van der Waals surface area (Å²) in [6.07, 6.45) is 6.91. The van der Waals surface area contributed by atoms with E-state index in [0.29, 0.717) is 35.2 Å². The molecule has 5 nitrogen and oxygen atoms in total. The van der Waals surface area contributed by atoms with Crippen LogP contribution in [0.5, 0.6) is 11.5 Å². The van der Waals surface area contributed by atoms with E-state index < -0.39 is 0 Å². The maximum atomic E-state index is 9.23.